The van der Waals surface area contributed by atoms with Gasteiger partial charge in [-0.2, -0.15) is 0 Å². The van der Waals surface area contributed by atoms with E-state index in [1.165, 1.54) is 5.56 Å². The molecule has 0 atom stereocenters. The summed E-state index contributed by atoms with van der Waals surface area (Å²) < 4.78 is 5.79. The van der Waals surface area contributed by atoms with E-state index in [9.17, 15) is 0 Å². The third kappa shape index (κ3) is 8.04. The molecule has 7 heteroatoms. The molecule has 0 aliphatic carbocycles. The Hall–Kier alpha value is -1.35. The number of guanidine groups is 1. The molecule has 0 unspecified atom stereocenters. The van der Waals surface area contributed by atoms with Crippen LogP contribution in [-0.2, 0) is 6.42 Å². The molecule has 2 rings (SSSR count). The smallest absolute Gasteiger partial charge is 0.190 e. The molecule has 5 nitrogen and oxygen atoms in total. The molecule has 1 aromatic carbocycles. The molecule has 0 bridgehead atoms. The zero-order chi connectivity index (χ0) is 17.2. The van der Waals surface area contributed by atoms with Crippen LogP contribution in [0.15, 0.2) is 34.6 Å². The fourth-order valence-electron chi connectivity index (χ4n) is 2.23. The van der Waals surface area contributed by atoms with Crippen molar-refractivity contribution in [2.45, 2.75) is 26.7 Å². The fourth-order valence-corrected chi connectivity index (χ4v) is 2.88. The van der Waals surface area contributed by atoms with E-state index >= 15 is 0 Å². The predicted octanol–water partition coefficient (Wildman–Crippen LogP) is 3.55. The summed E-state index contributed by atoms with van der Waals surface area (Å²) in [5.74, 6) is 1.77. The van der Waals surface area contributed by atoms with Crippen LogP contribution in [0, 0.1) is 13.8 Å². The van der Waals surface area contributed by atoms with Gasteiger partial charge in [0.05, 0.1) is 17.3 Å². The molecule has 0 aliphatic rings. The molecular formula is C18H27IN4OS. The van der Waals surface area contributed by atoms with Crippen molar-refractivity contribution in [1.82, 2.24) is 15.6 Å². The average Bonchev–Trinajstić information content (AvgIpc) is 3.00. The predicted molar refractivity (Wildman–Crippen MR) is 117 cm³/mol. The zero-order valence-corrected chi connectivity index (χ0v) is 18.2. The number of ether oxygens (including phenoxy) is 1. The van der Waals surface area contributed by atoms with Gasteiger partial charge in [0, 0.05) is 31.9 Å². The summed E-state index contributed by atoms with van der Waals surface area (Å²) in [6.45, 7) is 6.42. The Labute approximate surface area is 171 Å². The Kier molecular flexibility index (Phi) is 10.5. The fraction of sp³-hybridized carbons (Fsp3) is 0.444. The number of nitrogens with zero attached hydrogens (tertiary/aromatic N) is 2. The lowest BCUT2D eigenvalue weighted by molar-refractivity contribution is 0.309. The number of aryl methyl sites for hydroxylation is 2. The standard InChI is InChI=1S/C18H26N4OS.HI/c1-14-7-4-5-8-17(14)23-12-6-10-20-18(19-3)21-11-9-16-13-24-15(2)22-16;/h4-5,7-8,13H,6,9-12H2,1-3H3,(H2,19,20,21);1H. The first-order valence-electron chi connectivity index (χ1n) is 8.23. The number of hydrogen-bond acceptors (Lipinski definition) is 4. The summed E-state index contributed by atoms with van der Waals surface area (Å²) in [6, 6.07) is 8.08. The number of para-hydroxylation sites is 1. The molecule has 25 heavy (non-hydrogen) atoms. The zero-order valence-electron chi connectivity index (χ0n) is 15.0. The highest BCUT2D eigenvalue weighted by Crippen LogP contribution is 2.15. The lowest BCUT2D eigenvalue weighted by atomic mass is 10.2. The molecule has 2 N–H and O–H groups in total. The molecular weight excluding hydrogens is 447 g/mol. The van der Waals surface area contributed by atoms with Gasteiger partial charge >= 0.3 is 0 Å². The first-order chi connectivity index (χ1) is 11.7. The molecule has 0 aliphatic heterocycles. The molecule has 0 fully saturated rings. The molecule has 0 saturated heterocycles. The summed E-state index contributed by atoms with van der Waals surface area (Å²) in [5.41, 5.74) is 2.30. The Balaban J connectivity index is 0.00000312. The van der Waals surface area contributed by atoms with Crippen molar-refractivity contribution in [2.75, 3.05) is 26.7 Å². The normalized spacial score (nSPS) is 10.9. The van der Waals surface area contributed by atoms with E-state index in [0.717, 1.165) is 48.3 Å². The van der Waals surface area contributed by atoms with Crippen LogP contribution in [0.1, 0.15) is 22.7 Å². The third-order valence-electron chi connectivity index (χ3n) is 3.53. The lowest BCUT2D eigenvalue weighted by Gasteiger charge is -2.12. The summed E-state index contributed by atoms with van der Waals surface area (Å²) in [4.78, 5) is 8.69. The van der Waals surface area contributed by atoms with E-state index in [1.807, 2.05) is 25.1 Å². The number of halogens is 1. The minimum absolute atomic E-state index is 0. The van der Waals surface area contributed by atoms with Gasteiger partial charge in [-0.25, -0.2) is 4.98 Å². The van der Waals surface area contributed by atoms with Crippen molar-refractivity contribution in [3.05, 3.63) is 45.9 Å². The molecule has 0 radical (unpaired) electrons. The van der Waals surface area contributed by atoms with Gasteiger partial charge in [-0.15, -0.1) is 35.3 Å². The Morgan fingerprint density at radius 2 is 1.96 bits per heavy atom. The number of hydrogen-bond donors (Lipinski definition) is 2. The van der Waals surface area contributed by atoms with Gasteiger partial charge in [0.1, 0.15) is 5.75 Å². The van der Waals surface area contributed by atoms with Gasteiger partial charge in [-0.3, -0.25) is 4.99 Å². The highest BCUT2D eigenvalue weighted by molar-refractivity contribution is 14.0. The van der Waals surface area contributed by atoms with Crippen molar-refractivity contribution in [1.29, 1.82) is 0 Å². The first kappa shape index (κ1) is 21.7. The maximum Gasteiger partial charge on any atom is 0.190 e. The molecule has 1 heterocycles. The quantitative estimate of drug-likeness (QED) is 0.266. The topological polar surface area (TPSA) is 58.5 Å². The van der Waals surface area contributed by atoms with Crippen LogP contribution in [0.3, 0.4) is 0 Å². The maximum absolute atomic E-state index is 5.79. The van der Waals surface area contributed by atoms with E-state index in [-0.39, 0.29) is 24.0 Å². The van der Waals surface area contributed by atoms with Crippen molar-refractivity contribution in [2.24, 2.45) is 4.99 Å². The van der Waals surface area contributed by atoms with Crippen LogP contribution in [0.4, 0.5) is 0 Å². The summed E-state index contributed by atoms with van der Waals surface area (Å²) in [7, 11) is 1.78. The van der Waals surface area contributed by atoms with Crippen molar-refractivity contribution in [3.63, 3.8) is 0 Å². The molecule has 0 spiro atoms. The molecule has 2 aromatic rings. The minimum atomic E-state index is 0. The number of nitrogens with one attached hydrogen (secondary N) is 2. The second kappa shape index (κ2) is 12.1. The number of thiazole rings is 1. The number of aliphatic imine (C=N–C) groups is 1. The summed E-state index contributed by atoms with van der Waals surface area (Å²) in [5, 5.41) is 9.83. The second-order valence-electron chi connectivity index (χ2n) is 5.50. The van der Waals surface area contributed by atoms with E-state index < -0.39 is 0 Å². The monoisotopic (exact) mass is 474 g/mol. The van der Waals surface area contributed by atoms with Crippen LogP contribution in [0.25, 0.3) is 0 Å². The van der Waals surface area contributed by atoms with Crippen LogP contribution in [-0.4, -0.2) is 37.7 Å². The van der Waals surface area contributed by atoms with Gasteiger partial charge in [0.2, 0.25) is 0 Å². The van der Waals surface area contributed by atoms with Crippen LogP contribution < -0.4 is 15.4 Å². The Bertz CT molecular complexity index is 660. The van der Waals surface area contributed by atoms with Crippen molar-refractivity contribution in [3.8, 4) is 5.75 Å². The Morgan fingerprint density at radius 1 is 1.20 bits per heavy atom. The van der Waals surface area contributed by atoms with Crippen LogP contribution >= 0.6 is 35.3 Å². The van der Waals surface area contributed by atoms with Crippen LogP contribution in [0.2, 0.25) is 0 Å². The highest BCUT2D eigenvalue weighted by atomic mass is 127. The van der Waals surface area contributed by atoms with Gasteiger partial charge in [-0.05, 0) is 31.9 Å². The van der Waals surface area contributed by atoms with Crippen molar-refractivity contribution < 1.29 is 4.74 Å². The van der Waals surface area contributed by atoms with E-state index in [2.05, 4.69) is 39.0 Å². The lowest BCUT2D eigenvalue weighted by Crippen LogP contribution is -2.39. The minimum Gasteiger partial charge on any atom is -0.493 e. The largest absolute Gasteiger partial charge is 0.493 e. The van der Waals surface area contributed by atoms with E-state index in [4.69, 9.17) is 4.74 Å². The highest BCUT2D eigenvalue weighted by Gasteiger charge is 2.01. The maximum atomic E-state index is 5.79. The first-order valence-corrected chi connectivity index (χ1v) is 9.11. The number of aromatic nitrogens is 1. The summed E-state index contributed by atoms with van der Waals surface area (Å²) in [6.07, 6.45) is 1.82. The molecule has 0 amide bonds. The number of rotatable bonds is 8. The van der Waals surface area contributed by atoms with Crippen LogP contribution in [0.5, 0.6) is 5.75 Å². The van der Waals surface area contributed by atoms with Gasteiger partial charge in [0.25, 0.3) is 0 Å². The summed E-state index contributed by atoms with van der Waals surface area (Å²) >= 11 is 1.69. The SMILES string of the molecule is CN=C(NCCCOc1ccccc1C)NCCc1csc(C)n1.I. The Morgan fingerprint density at radius 3 is 2.64 bits per heavy atom. The van der Waals surface area contributed by atoms with E-state index in [0.29, 0.717) is 6.61 Å². The molecule has 1 aromatic heterocycles. The molecule has 138 valence electrons. The van der Waals surface area contributed by atoms with Gasteiger partial charge < -0.3 is 15.4 Å². The average molecular weight is 474 g/mol. The second-order valence-corrected chi connectivity index (χ2v) is 6.56. The van der Waals surface area contributed by atoms with Gasteiger partial charge in [-0.1, -0.05) is 18.2 Å². The van der Waals surface area contributed by atoms with E-state index in [1.54, 1.807) is 18.4 Å². The number of benzene rings is 1. The van der Waals surface area contributed by atoms with Crippen molar-refractivity contribution >= 4 is 41.3 Å². The third-order valence-corrected chi connectivity index (χ3v) is 4.35. The van der Waals surface area contributed by atoms with Gasteiger partial charge in [0.15, 0.2) is 5.96 Å². The molecule has 0 saturated carbocycles.